The molecule has 0 aliphatic carbocycles. The number of nitrogens with zero attached hydrogens (tertiary/aromatic N) is 5. The highest BCUT2D eigenvalue weighted by Gasteiger charge is 2.27. The van der Waals surface area contributed by atoms with E-state index in [4.69, 9.17) is 4.74 Å². The largest absolute Gasteiger partial charge is 0.489 e. The van der Waals surface area contributed by atoms with Gasteiger partial charge in [0.2, 0.25) is 5.91 Å². The first kappa shape index (κ1) is 24.2. The minimum Gasteiger partial charge on any atom is -0.489 e. The summed E-state index contributed by atoms with van der Waals surface area (Å²) in [6, 6.07) is 4.85. The van der Waals surface area contributed by atoms with Crippen molar-refractivity contribution in [2.24, 2.45) is 0 Å². The Hall–Kier alpha value is -3.96. The van der Waals surface area contributed by atoms with Crippen molar-refractivity contribution in [3.63, 3.8) is 0 Å². The van der Waals surface area contributed by atoms with E-state index in [1.165, 1.54) is 12.3 Å². The third kappa shape index (κ3) is 5.76. The predicted molar refractivity (Wildman–Crippen MR) is 124 cm³/mol. The van der Waals surface area contributed by atoms with Gasteiger partial charge in [-0.15, -0.1) is 0 Å². The van der Waals surface area contributed by atoms with E-state index in [0.29, 0.717) is 57.0 Å². The maximum absolute atomic E-state index is 13.3. The molecular formula is C23H29N7O5. The lowest BCUT2D eigenvalue weighted by Gasteiger charge is -2.22. The van der Waals surface area contributed by atoms with E-state index in [1.807, 2.05) is 0 Å². The third-order valence-corrected chi connectivity index (χ3v) is 5.89. The first-order valence-electron chi connectivity index (χ1n) is 11.7. The maximum atomic E-state index is 13.3. The fourth-order valence-electron chi connectivity index (χ4n) is 3.99. The Balaban J connectivity index is 1.47. The van der Waals surface area contributed by atoms with E-state index in [9.17, 15) is 19.2 Å². The van der Waals surface area contributed by atoms with Crippen molar-refractivity contribution in [3.05, 3.63) is 41.5 Å². The molecule has 4 rings (SSSR count). The number of carbonyl (C=O) groups excluding carboxylic acids is 4. The summed E-state index contributed by atoms with van der Waals surface area (Å²) in [5, 5.41) is 9.95. The van der Waals surface area contributed by atoms with Crippen LogP contribution in [0.2, 0.25) is 0 Å². The highest BCUT2D eigenvalue weighted by atomic mass is 16.5. The Bertz CT molecular complexity index is 1120. The highest BCUT2D eigenvalue weighted by Crippen LogP contribution is 2.16. The van der Waals surface area contributed by atoms with E-state index in [-0.39, 0.29) is 54.6 Å². The molecule has 4 amide bonds. The SMILES string of the molecule is CN1CCn2nc(C(=O)N3CCCNC(=O)c4ncccc4OCCNC(=O)CCC3)cc2C1=O. The van der Waals surface area contributed by atoms with Crippen LogP contribution in [0.5, 0.6) is 5.75 Å². The molecule has 0 saturated heterocycles. The van der Waals surface area contributed by atoms with Gasteiger partial charge in [0.15, 0.2) is 17.1 Å². The molecule has 12 nitrogen and oxygen atoms in total. The van der Waals surface area contributed by atoms with Gasteiger partial charge in [-0.2, -0.15) is 5.10 Å². The Kier molecular flexibility index (Phi) is 7.58. The average Bonchev–Trinajstić information content (AvgIpc) is 3.30. The summed E-state index contributed by atoms with van der Waals surface area (Å²) in [5.74, 6) is -0.668. The first-order chi connectivity index (χ1) is 16.9. The summed E-state index contributed by atoms with van der Waals surface area (Å²) < 4.78 is 7.19. The third-order valence-electron chi connectivity index (χ3n) is 5.89. The van der Waals surface area contributed by atoms with Gasteiger partial charge in [0.25, 0.3) is 17.7 Å². The summed E-state index contributed by atoms with van der Waals surface area (Å²) in [6.45, 7) is 2.54. The molecule has 2 N–H and O–H groups in total. The number of nitrogens with one attached hydrogen (secondary N) is 2. The van der Waals surface area contributed by atoms with Crippen LogP contribution >= 0.6 is 0 Å². The molecule has 0 aromatic carbocycles. The quantitative estimate of drug-likeness (QED) is 0.578. The number of aromatic nitrogens is 3. The molecule has 0 bridgehead atoms. The number of hydrogen-bond acceptors (Lipinski definition) is 7. The zero-order valence-corrected chi connectivity index (χ0v) is 19.7. The van der Waals surface area contributed by atoms with Gasteiger partial charge in [-0.3, -0.25) is 23.9 Å². The lowest BCUT2D eigenvalue weighted by atomic mass is 10.2. The van der Waals surface area contributed by atoms with Crippen molar-refractivity contribution in [1.82, 2.24) is 35.2 Å². The zero-order valence-electron chi connectivity index (χ0n) is 19.7. The number of likely N-dealkylation sites (N-methyl/N-ethyl adjacent to an activating group) is 1. The van der Waals surface area contributed by atoms with Crippen LogP contribution in [-0.2, 0) is 11.3 Å². The van der Waals surface area contributed by atoms with Gasteiger partial charge >= 0.3 is 0 Å². The second-order valence-electron chi connectivity index (χ2n) is 8.42. The molecule has 0 atom stereocenters. The molecule has 2 aliphatic rings. The molecule has 35 heavy (non-hydrogen) atoms. The molecule has 0 saturated carbocycles. The topological polar surface area (TPSA) is 139 Å². The van der Waals surface area contributed by atoms with Crippen molar-refractivity contribution in [3.8, 4) is 5.75 Å². The van der Waals surface area contributed by atoms with Gasteiger partial charge < -0.3 is 25.2 Å². The van der Waals surface area contributed by atoms with Gasteiger partial charge in [0.05, 0.1) is 13.1 Å². The molecule has 0 fully saturated rings. The molecular weight excluding hydrogens is 454 g/mol. The van der Waals surface area contributed by atoms with Gasteiger partial charge in [0.1, 0.15) is 12.3 Å². The predicted octanol–water partition coefficient (Wildman–Crippen LogP) is -0.0852. The molecule has 186 valence electrons. The number of hydrogen-bond donors (Lipinski definition) is 2. The number of rotatable bonds is 1. The summed E-state index contributed by atoms with van der Waals surface area (Å²) in [4.78, 5) is 57.8. The van der Waals surface area contributed by atoms with Gasteiger partial charge in [0, 0.05) is 51.9 Å². The fourth-order valence-corrected chi connectivity index (χ4v) is 3.99. The van der Waals surface area contributed by atoms with E-state index in [1.54, 1.807) is 33.7 Å². The molecule has 0 spiro atoms. The summed E-state index contributed by atoms with van der Waals surface area (Å²) in [6.07, 6.45) is 2.71. The monoisotopic (exact) mass is 483 g/mol. The average molecular weight is 484 g/mol. The molecule has 0 unspecified atom stereocenters. The van der Waals surface area contributed by atoms with E-state index in [0.717, 1.165) is 0 Å². The Morgan fingerprint density at radius 1 is 1.06 bits per heavy atom. The van der Waals surface area contributed by atoms with E-state index < -0.39 is 0 Å². The van der Waals surface area contributed by atoms with E-state index >= 15 is 0 Å². The zero-order chi connectivity index (χ0) is 24.8. The lowest BCUT2D eigenvalue weighted by Crippen LogP contribution is -2.37. The van der Waals surface area contributed by atoms with Crippen molar-refractivity contribution < 1.29 is 23.9 Å². The van der Waals surface area contributed by atoms with Crippen LogP contribution in [0.15, 0.2) is 24.4 Å². The molecule has 2 aromatic heterocycles. The fraction of sp³-hybridized carbons (Fsp3) is 0.478. The van der Waals surface area contributed by atoms with Crippen LogP contribution in [0, 0.1) is 0 Å². The highest BCUT2D eigenvalue weighted by molar-refractivity contribution is 5.98. The smallest absolute Gasteiger partial charge is 0.274 e. The molecule has 0 radical (unpaired) electrons. The van der Waals surface area contributed by atoms with Crippen molar-refractivity contribution >= 4 is 23.6 Å². The Labute approximate surface area is 202 Å². The number of amides is 4. The summed E-state index contributed by atoms with van der Waals surface area (Å²) in [5.41, 5.74) is 0.746. The molecule has 2 aliphatic heterocycles. The van der Waals surface area contributed by atoms with Crippen LogP contribution in [0.3, 0.4) is 0 Å². The summed E-state index contributed by atoms with van der Waals surface area (Å²) in [7, 11) is 1.71. The molecule has 4 heterocycles. The first-order valence-corrected chi connectivity index (χ1v) is 11.7. The van der Waals surface area contributed by atoms with Crippen molar-refractivity contribution in [2.75, 3.05) is 46.4 Å². The van der Waals surface area contributed by atoms with E-state index in [2.05, 4.69) is 20.7 Å². The summed E-state index contributed by atoms with van der Waals surface area (Å²) >= 11 is 0. The van der Waals surface area contributed by atoms with Crippen LogP contribution < -0.4 is 15.4 Å². The minimum absolute atomic E-state index is 0.150. The van der Waals surface area contributed by atoms with Gasteiger partial charge in [-0.05, 0) is 25.0 Å². The van der Waals surface area contributed by atoms with Gasteiger partial charge in [-0.25, -0.2) is 4.98 Å². The second kappa shape index (κ2) is 11.0. The number of carbonyl (C=O) groups is 4. The standard InChI is InChI=1S/C23H29N7O5/c1-28-12-13-30-17(23(28)34)15-16(27-30)22(33)29-10-3-6-19(31)24-9-14-35-18-5-2-7-25-20(18)21(32)26-8-4-11-29/h2,5,7,15H,3-4,6,8-14H2,1H3,(H,24,31)(H,26,32). The normalized spacial score (nSPS) is 18.1. The minimum atomic E-state index is -0.376. The number of pyridine rings is 1. The molecule has 12 heteroatoms. The van der Waals surface area contributed by atoms with Crippen molar-refractivity contribution in [1.29, 1.82) is 0 Å². The van der Waals surface area contributed by atoms with Crippen LogP contribution in [0.1, 0.15) is 50.7 Å². The number of fused-ring (bicyclic) bond motifs is 2. The Morgan fingerprint density at radius 3 is 2.74 bits per heavy atom. The number of ether oxygens (including phenoxy) is 1. The van der Waals surface area contributed by atoms with Crippen LogP contribution in [0.4, 0.5) is 0 Å². The maximum Gasteiger partial charge on any atom is 0.274 e. The second-order valence-corrected chi connectivity index (χ2v) is 8.42. The van der Waals surface area contributed by atoms with Gasteiger partial charge in [-0.1, -0.05) is 0 Å². The van der Waals surface area contributed by atoms with Crippen LogP contribution in [-0.4, -0.2) is 94.6 Å². The van der Waals surface area contributed by atoms with Crippen molar-refractivity contribution in [2.45, 2.75) is 25.8 Å². The van der Waals surface area contributed by atoms with Crippen LogP contribution in [0.25, 0.3) is 0 Å². The Morgan fingerprint density at radius 2 is 1.89 bits per heavy atom. The lowest BCUT2D eigenvalue weighted by molar-refractivity contribution is -0.121. The molecule has 2 aromatic rings.